The van der Waals surface area contributed by atoms with Gasteiger partial charge in [0.2, 0.25) is 0 Å². The molecule has 19 heteroatoms. The van der Waals surface area contributed by atoms with Crippen molar-refractivity contribution in [2.45, 2.75) is 458 Å². The summed E-state index contributed by atoms with van der Waals surface area (Å²) in [6.07, 6.45) is 65.2. The van der Waals surface area contributed by atoms with E-state index in [2.05, 4.69) is 41.5 Å². The van der Waals surface area contributed by atoms with Gasteiger partial charge < -0.3 is 33.8 Å². The summed E-state index contributed by atoms with van der Waals surface area (Å²) in [5, 5.41) is 10.7. The molecular weight excluding hydrogens is 1330 g/mol. The molecular formula is C83H162O17P2. The zero-order valence-corrected chi connectivity index (χ0v) is 68.7. The Morgan fingerprint density at radius 2 is 0.451 bits per heavy atom. The van der Waals surface area contributed by atoms with Crippen molar-refractivity contribution >= 4 is 39.5 Å². The van der Waals surface area contributed by atoms with Crippen molar-refractivity contribution in [2.24, 2.45) is 11.8 Å². The Labute approximate surface area is 626 Å². The lowest BCUT2D eigenvalue weighted by Gasteiger charge is -2.21. The molecule has 0 bridgehead atoms. The van der Waals surface area contributed by atoms with Crippen LogP contribution >= 0.6 is 15.6 Å². The smallest absolute Gasteiger partial charge is 0.462 e. The van der Waals surface area contributed by atoms with Gasteiger partial charge in [-0.3, -0.25) is 37.3 Å². The fraction of sp³-hybridized carbons (Fsp3) is 0.952. The van der Waals surface area contributed by atoms with E-state index in [4.69, 9.17) is 37.0 Å². The average Bonchev–Trinajstić information content (AvgIpc) is 0.909. The second-order valence-electron chi connectivity index (χ2n) is 30.8. The molecule has 0 aliphatic rings. The zero-order chi connectivity index (χ0) is 74.9. The number of phosphoric ester groups is 2. The monoisotopic (exact) mass is 1490 g/mol. The van der Waals surface area contributed by atoms with E-state index in [-0.39, 0.29) is 25.7 Å². The van der Waals surface area contributed by atoms with Crippen LogP contribution in [0.25, 0.3) is 0 Å². The normalized spacial score (nSPS) is 13.9. The highest BCUT2D eigenvalue weighted by Crippen LogP contribution is 2.45. The van der Waals surface area contributed by atoms with Gasteiger partial charge >= 0.3 is 39.5 Å². The molecule has 0 amide bonds. The first-order valence-electron chi connectivity index (χ1n) is 43.0. The minimum absolute atomic E-state index is 0.107. The van der Waals surface area contributed by atoms with Gasteiger partial charge in [0.1, 0.15) is 19.3 Å². The molecule has 17 nitrogen and oxygen atoms in total. The van der Waals surface area contributed by atoms with E-state index in [0.29, 0.717) is 25.7 Å². The lowest BCUT2D eigenvalue weighted by atomic mass is 10.0. The minimum Gasteiger partial charge on any atom is -0.462 e. The Balaban J connectivity index is 5.24. The largest absolute Gasteiger partial charge is 0.472 e. The number of esters is 4. The van der Waals surface area contributed by atoms with Crippen molar-refractivity contribution < 1.29 is 80.2 Å². The number of phosphoric acid groups is 2. The van der Waals surface area contributed by atoms with Crippen LogP contribution in [0.4, 0.5) is 0 Å². The molecule has 0 spiro atoms. The summed E-state index contributed by atoms with van der Waals surface area (Å²) < 4.78 is 68.8. The summed E-state index contributed by atoms with van der Waals surface area (Å²) in [5.41, 5.74) is 0. The highest BCUT2D eigenvalue weighted by atomic mass is 31.2. The molecule has 0 aromatic carbocycles. The summed E-state index contributed by atoms with van der Waals surface area (Å²) in [4.78, 5) is 73.1. The Morgan fingerprint density at radius 1 is 0.265 bits per heavy atom. The Bertz CT molecular complexity index is 1960. The quantitative estimate of drug-likeness (QED) is 0.0222. The maximum Gasteiger partial charge on any atom is 0.472 e. The molecule has 0 saturated carbocycles. The molecule has 0 radical (unpaired) electrons. The second-order valence-corrected chi connectivity index (χ2v) is 33.7. The molecule has 0 aliphatic heterocycles. The highest BCUT2D eigenvalue weighted by Gasteiger charge is 2.30. The number of carbonyl (C=O) groups excluding carboxylic acids is 4. The summed E-state index contributed by atoms with van der Waals surface area (Å²) >= 11 is 0. The van der Waals surface area contributed by atoms with Crippen LogP contribution < -0.4 is 0 Å². The Morgan fingerprint density at radius 3 is 0.667 bits per heavy atom. The first-order valence-corrected chi connectivity index (χ1v) is 46.0. The molecule has 0 heterocycles. The predicted octanol–water partition coefficient (Wildman–Crippen LogP) is 25.1. The second kappa shape index (κ2) is 74.5. The number of hydrogen-bond acceptors (Lipinski definition) is 15. The molecule has 102 heavy (non-hydrogen) atoms. The summed E-state index contributed by atoms with van der Waals surface area (Å²) in [5.74, 6) is -0.572. The van der Waals surface area contributed by atoms with Crippen LogP contribution in [-0.2, 0) is 65.4 Å². The van der Waals surface area contributed by atoms with Crippen LogP contribution in [0.3, 0.4) is 0 Å². The van der Waals surface area contributed by atoms with Crippen molar-refractivity contribution in [2.75, 3.05) is 39.6 Å². The fourth-order valence-corrected chi connectivity index (χ4v) is 14.5. The van der Waals surface area contributed by atoms with E-state index >= 15 is 0 Å². The third kappa shape index (κ3) is 76.3. The van der Waals surface area contributed by atoms with Crippen LogP contribution in [0, 0.1) is 11.8 Å². The highest BCUT2D eigenvalue weighted by molar-refractivity contribution is 7.47. The molecule has 5 atom stereocenters. The lowest BCUT2D eigenvalue weighted by Crippen LogP contribution is -2.30. The number of rotatable bonds is 82. The summed E-state index contributed by atoms with van der Waals surface area (Å²) in [6.45, 7) is 9.65. The molecule has 0 saturated heterocycles. The SMILES string of the molecule is CCCCCCCCCCCCCCCCCCCCCCCC(=O)O[C@H](COC(=O)CCCCCCCCCCCCCCC(C)C)COP(=O)(O)OC[C@@H](O)COP(=O)(O)OC[C@@H](COC(=O)CCCCCCCCCCCCCCC)OC(=O)CCCCCCCCCCCCC(C)C. The van der Waals surface area contributed by atoms with Gasteiger partial charge in [-0.1, -0.05) is 388 Å². The topological polar surface area (TPSA) is 237 Å². The van der Waals surface area contributed by atoms with Crippen molar-refractivity contribution in [3.63, 3.8) is 0 Å². The van der Waals surface area contributed by atoms with Gasteiger partial charge in [0.05, 0.1) is 26.4 Å². The van der Waals surface area contributed by atoms with E-state index in [1.165, 1.54) is 257 Å². The van der Waals surface area contributed by atoms with Crippen molar-refractivity contribution in [1.29, 1.82) is 0 Å². The van der Waals surface area contributed by atoms with Gasteiger partial charge in [0, 0.05) is 25.7 Å². The van der Waals surface area contributed by atoms with Crippen molar-refractivity contribution in [3.05, 3.63) is 0 Å². The van der Waals surface area contributed by atoms with E-state index in [1.54, 1.807) is 0 Å². The molecule has 0 aromatic heterocycles. The maximum atomic E-state index is 13.1. The number of aliphatic hydroxyl groups is 1. The minimum atomic E-state index is -4.96. The van der Waals surface area contributed by atoms with E-state index in [0.717, 1.165) is 102 Å². The molecule has 0 aromatic rings. The van der Waals surface area contributed by atoms with Gasteiger partial charge in [-0.25, -0.2) is 9.13 Å². The maximum absolute atomic E-state index is 13.1. The van der Waals surface area contributed by atoms with Crippen molar-refractivity contribution in [1.82, 2.24) is 0 Å². The third-order valence-corrected chi connectivity index (χ3v) is 21.4. The number of aliphatic hydroxyl groups excluding tert-OH is 1. The molecule has 0 rings (SSSR count). The van der Waals surface area contributed by atoms with Gasteiger partial charge in [-0.2, -0.15) is 0 Å². The molecule has 0 aliphatic carbocycles. The van der Waals surface area contributed by atoms with Crippen LogP contribution in [0.1, 0.15) is 440 Å². The van der Waals surface area contributed by atoms with E-state index in [9.17, 15) is 43.2 Å². The summed E-state index contributed by atoms with van der Waals surface area (Å²) in [7, 11) is -9.92. The van der Waals surface area contributed by atoms with Gasteiger partial charge in [-0.15, -0.1) is 0 Å². The summed E-state index contributed by atoms with van der Waals surface area (Å²) in [6, 6.07) is 0. The zero-order valence-electron chi connectivity index (χ0n) is 66.9. The number of hydrogen-bond donors (Lipinski definition) is 3. The number of unbranched alkanes of at least 4 members (excludes halogenated alkanes) is 52. The predicted molar refractivity (Wildman–Crippen MR) is 418 cm³/mol. The third-order valence-electron chi connectivity index (χ3n) is 19.5. The first-order chi connectivity index (χ1) is 49.4. The Hall–Kier alpha value is -1.94. The van der Waals surface area contributed by atoms with E-state index < -0.39 is 97.5 Å². The van der Waals surface area contributed by atoms with Gasteiger partial charge in [-0.05, 0) is 37.5 Å². The van der Waals surface area contributed by atoms with E-state index in [1.807, 2.05) is 0 Å². The lowest BCUT2D eigenvalue weighted by molar-refractivity contribution is -0.161. The number of carbonyl (C=O) groups is 4. The Kier molecular flexibility index (Phi) is 73.1. The van der Waals surface area contributed by atoms with Crippen LogP contribution in [-0.4, -0.2) is 96.7 Å². The fourth-order valence-electron chi connectivity index (χ4n) is 12.9. The standard InChI is InChI=1S/C83H162O17P2/c1-7-9-11-13-15-17-19-21-22-23-24-25-26-27-28-30-36-43-49-55-61-67-82(87)99-78(71-94-81(86)66-60-54-48-42-35-32-31-33-39-45-51-57-63-75(3)4)73-97-101(89,90)95-69-77(84)70-96-102(91,92)98-74-79(100-83(88)68-62-56-50-44-38-37-40-46-52-58-64-76(5)6)72-93-80(85)65-59-53-47-41-34-29-20-18-16-14-12-10-8-2/h75-79,84H,7-74H2,1-6H3,(H,89,90)(H,91,92)/t77-,78-,79-/m1/s1. The van der Waals surface area contributed by atoms with Gasteiger partial charge in [0.25, 0.3) is 0 Å². The van der Waals surface area contributed by atoms with Crippen LogP contribution in [0.2, 0.25) is 0 Å². The number of ether oxygens (including phenoxy) is 4. The van der Waals surface area contributed by atoms with Gasteiger partial charge in [0.15, 0.2) is 12.2 Å². The van der Waals surface area contributed by atoms with Crippen LogP contribution in [0.5, 0.6) is 0 Å². The molecule has 606 valence electrons. The average molecular weight is 1490 g/mol. The molecule has 3 N–H and O–H groups in total. The molecule has 0 fully saturated rings. The molecule has 2 unspecified atom stereocenters. The first kappa shape index (κ1) is 100. The van der Waals surface area contributed by atoms with Crippen LogP contribution in [0.15, 0.2) is 0 Å². The van der Waals surface area contributed by atoms with Crippen molar-refractivity contribution in [3.8, 4) is 0 Å².